The molecule has 0 aliphatic rings. The maximum Gasteiger partial charge on any atom is 0.261 e. The first-order valence-corrected chi connectivity index (χ1v) is 13.3. The lowest BCUT2D eigenvalue weighted by molar-refractivity contribution is -0.124. The maximum absolute atomic E-state index is 12.7. The van der Waals surface area contributed by atoms with Crippen molar-refractivity contribution >= 4 is 24.6 Å². The average molecular weight is 446 g/mol. The van der Waals surface area contributed by atoms with Gasteiger partial charge >= 0.3 is 0 Å². The van der Waals surface area contributed by atoms with Crippen molar-refractivity contribution in [2.45, 2.75) is 39.2 Å². The van der Waals surface area contributed by atoms with Gasteiger partial charge in [0.15, 0.2) is 0 Å². The standard InChI is InChI=1S/C28H35NO2Si/c1-23(22-24-14-8-5-9-15-24)27(30)29-20-21-31-32(28(2,3)4,25-16-10-6-11-17-25)26-18-12-7-13-19-26/h5-19,23H,20-22H2,1-4H3,(H,29,30)/t23-/m0/s1. The van der Waals surface area contributed by atoms with E-state index in [1.807, 2.05) is 37.3 Å². The van der Waals surface area contributed by atoms with E-state index in [4.69, 9.17) is 4.43 Å². The summed E-state index contributed by atoms with van der Waals surface area (Å²) in [6.07, 6.45) is 0.738. The molecule has 3 aromatic rings. The number of carbonyl (C=O) groups is 1. The van der Waals surface area contributed by atoms with Gasteiger partial charge in [0.25, 0.3) is 8.32 Å². The fourth-order valence-electron chi connectivity index (χ4n) is 4.37. The summed E-state index contributed by atoms with van der Waals surface area (Å²) in [6, 6.07) is 31.3. The third-order valence-electron chi connectivity index (χ3n) is 5.97. The summed E-state index contributed by atoms with van der Waals surface area (Å²) in [6.45, 7) is 9.75. The van der Waals surface area contributed by atoms with E-state index in [2.05, 4.69) is 86.8 Å². The van der Waals surface area contributed by atoms with E-state index >= 15 is 0 Å². The Morgan fingerprint density at radius 3 is 1.78 bits per heavy atom. The second-order valence-corrected chi connectivity index (χ2v) is 13.7. The van der Waals surface area contributed by atoms with Crippen LogP contribution in [0.15, 0.2) is 91.0 Å². The maximum atomic E-state index is 12.7. The molecule has 4 heteroatoms. The summed E-state index contributed by atoms with van der Waals surface area (Å²) < 4.78 is 6.84. The predicted octanol–water partition coefficient (Wildman–Crippen LogP) is 4.56. The van der Waals surface area contributed by atoms with Crippen LogP contribution in [-0.2, 0) is 15.6 Å². The highest BCUT2D eigenvalue weighted by Gasteiger charge is 2.49. The van der Waals surface area contributed by atoms with Crippen molar-refractivity contribution in [1.82, 2.24) is 5.32 Å². The molecular formula is C28H35NO2Si. The van der Waals surface area contributed by atoms with Crippen LogP contribution in [0.1, 0.15) is 33.3 Å². The van der Waals surface area contributed by atoms with Crippen molar-refractivity contribution in [3.8, 4) is 0 Å². The van der Waals surface area contributed by atoms with E-state index in [0.717, 1.165) is 6.42 Å². The van der Waals surface area contributed by atoms with Crippen molar-refractivity contribution in [3.63, 3.8) is 0 Å². The third-order valence-corrected chi connectivity index (χ3v) is 11.0. The summed E-state index contributed by atoms with van der Waals surface area (Å²) in [5.74, 6) is -0.00911. The van der Waals surface area contributed by atoms with Crippen molar-refractivity contribution < 1.29 is 9.22 Å². The van der Waals surface area contributed by atoms with Crippen LogP contribution in [0.25, 0.3) is 0 Å². The van der Waals surface area contributed by atoms with Gasteiger partial charge in [0.05, 0.1) is 6.61 Å². The second-order valence-electron chi connectivity index (χ2n) is 9.39. The summed E-state index contributed by atoms with van der Waals surface area (Å²) in [5.41, 5.74) is 1.18. The molecule has 1 amide bonds. The van der Waals surface area contributed by atoms with Crippen LogP contribution in [0.3, 0.4) is 0 Å². The van der Waals surface area contributed by atoms with E-state index in [0.29, 0.717) is 13.2 Å². The van der Waals surface area contributed by atoms with E-state index in [1.54, 1.807) is 0 Å². The van der Waals surface area contributed by atoms with Crippen LogP contribution >= 0.6 is 0 Å². The zero-order valence-electron chi connectivity index (χ0n) is 19.7. The molecule has 0 bridgehead atoms. The van der Waals surface area contributed by atoms with Gasteiger partial charge in [0, 0.05) is 12.5 Å². The minimum absolute atomic E-state index is 0.0691. The summed E-state index contributed by atoms with van der Waals surface area (Å²) in [5, 5.41) is 5.52. The fraction of sp³-hybridized carbons (Fsp3) is 0.321. The van der Waals surface area contributed by atoms with Gasteiger partial charge in [-0.15, -0.1) is 0 Å². The Labute approximate surface area is 194 Å². The normalized spacial score (nSPS) is 12.9. The molecule has 3 rings (SSSR count). The lowest BCUT2D eigenvalue weighted by Gasteiger charge is -2.43. The van der Waals surface area contributed by atoms with Crippen molar-refractivity contribution in [2.24, 2.45) is 5.92 Å². The summed E-state index contributed by atoms with van der Waals surface area (Å²) in [7, 11) is -2.56. The number of amides is 1. The lowest BCUT2D eigenvalue weighted by Crippen LogP contribution is -2.67. The molecule has 0 aromatic heterocycles. The Hall–Kier alpha value is -2.69. The molecule has 0 aliphatic heterocycles. The molecule has 1 atom stereocenters. The number of hydrogen-bond acceptors (Lipinski definition) is 2. The third kappa shape index (κ3) is 5.56. The molecule has 3 nitrogen and oxygen atoms in total. The van der Waals surface area contributed by atoms with Crippen LogP contribution in [0.2, 0.25) is 5.04 Å². The zero-order chi connectivity index (χ0) is 23.0. The Kier molecular flexibility index (Phi) is 8.05. The molecule has 0 aliphatic carbocycles. The Morgan fingerprint density at radius 2 is 1.31 bits per heavy atom. The Balaban J connectivity index is 1.72. The van der Waals surface area contributed by atoms with Gasteiger partial charge in [-0.2, -0.15) is 0 Å². The first kappa shape index (κ1) is 24.0. The topological polar surface area (TPSA) is 38.3 Å². The molecule has 168 valence electrons. The van der Waals surface area contributed by atoms with E-state index < -0.39 is 8.32 Å². The molecule has 0 saturated heterocycles. The molecule has 0 fully saturated rings. The minimum Gasteiger partial charge on any atom is -0.406 e. The summed E-state index contributed by atoms with van der Waals surface area (Å²) in [4.78, 5) is 12.7. The van der Waals surface area contributed by atoms with Crippen LogP contribution < -0.4 is 15.7 Å². The van der Waals surface area contributed by atoms with Crippen molar-refractivity contribution in [3.05, 3.63) is 96.6 Å². The highest BCUT2D eigenvalue weighted by atomic mass is 28.4. The Bertz CT molecular complexity index is 929. The number of hydrogen-bond donors (Lipinski definition) is 1. The molecule has 0 heterocycles. The predicted molar refractivity (Wildman–Crippen MR) is 136 cm³/mol. The molecule has 3 aromatic carbocycles. The largest absolute Gasteiger partial charge is 0.406 e. The quantitative estimate of drug-likeness (QED) is 0.387. The number of benzene rings is 3. The first-order valence-electron chi connectivity index (χ1n) is 11.4. The molecular weight excluding hydrogens is 410 g/mol. The van der Waals surface area contributed by atoms with Crippen LogP contribution in [0.5, 0.6) is 0 Å². The van der Waals surface area contributed by atoms with Crippen molar-refractivity contribution in [1.29, 1.82) is 0 Å². The highest BCUT2D eigenvalue weighted by molar-refractivity contribution is 6.99. The van der Waals surface area contributed by atoms with E-state index in [9.17, 15) is 4.79 Å². The molecule has 0 radical (unpaired) electrons. The van der Waals surface area contributed by atoms with Gasteiger partial charge in [-0.05, 0) is 27.4 Å². The highest BCUT2D eigenvalue weighted by Crippen LogP contribution is 2.36. The van der Waals surface area contributed by atoms with Crippen LogP contribution in [0, 0.1) is 5.92 Å². The zero-order valence-corrected chi connectivity index (χ0v) is 20.7. The fourth-order valence-corrected chi connectivity index (χ4v) is 8.94. The SMILES string of the molecule is C[C@@H](Cc1ccccc1)C(=O)NCCO[Si](c1ccccc1)(c1ccccc1)C(C)(C)C. The van der Waals surface area contributed by atoms with Gasteiger partial charge in [-0.1, -0.05) is 119 Å². The van der Waals surface area contributed by atoms with Gasteiger partial charge in [0.2, 0.25) is 5.91 Å². The van der Waals surface area contributed by atoms with Crippen LogP contribution in [-0.4, -0.2) is 27.4 Å². The average Bonchev–Trinajstić information content (AvgIpc) is 2.80. The second kappa shape index (κ2) is 10.8. The van der Waals surface area contributed by atoms with Gasteiger partial charge in [-0.25, -0.2) is 0 Å². The molecule has 0 unspecified atom stereocenters. The molecule has 1 N–H and O–H groups in total. The number of nitrogens with one attached hydrogen (secondary N) is 1. The molecule has 32 heavy (non-hydrogen) atoms. The van der Waals surface area contributed by atoms with Gasteiger partial charge in [-0.3, -0.25) is 4.79 Å². The van der Waals surface area contributed by atoms with E-state index in [-0.39, 0.29) is 16.9 Å². The first-order chi connectivity index (χ1) is 15.3. The smallest absolute Gasteiger partial charge is 0.261 e. The van der Waals surface area contributed by atoms with Crippen molar-refractivity contribution in [2.75, 3.05) is 13.2 Å². The van der Waals surface area contributed by atoms with Gasteiger partial charge < -0.3 is 9.74 Å². The van der Waals surface area contributed by atoms with E-state index in [1.165, 1.54) is 15.9 Å². The van der Waals surface area contributed by atoms with Gasteiger partial charge in [0.1, 0.15) is 0 Å². The minimum atomic E-state index is -2.56. The number of carbonyl (C=O) groups excluding carboxylic acids is 1. The van der Waals surface area contributed by atoms with Crippen LogP contribution in [0.4, 0.5) is 0 Å². The lowest BCUT2D eigenvalue weighted by atomic mass is 10.0. The summed E-state index contributed by atoms with van der Waals surface area (Å²) >= 11 is 0. The Morgan fingerprint density at radius 1 is 0.844 bits per heavy atom. The monoisotopic (exact) mass is 445 g/mol. The molecule has 0 saturated carbocycles. The molecule has 0 spiro atoms. The number of rotatable bonds is 9.